The van der Waals surface area contributed by atoms with Gasteiger partial charge in [-0.2, -0.15) is 5.10 Å². The fraction of sp³-hybridized carbons (Fsp3) is 0.345. The highest BCUT2D eigenvalue weighted by Crippen LogP contribution is 2.64. The highest BCUT2D eigenvalue weighted by atomic mass is 32.2. The molecule has 1 saturated heterocycles. The molecule has 1 aromatic carbocycles. The number of carbonyl (C=O) groups is 1. The maximum atomic E-state index is 13.5. The number of amidine groups is 1. The number of nitro groups is 1. The van der Waals surface area contributed by atoms with Crippen molar-refractivity contribution in [1.82, 2.24) is 4.90 Å². The van der Waals surface area contributed by atoms with Crippen molar-refractivity contribution in [1.29, 1.82) is 0 Å². The van der Waals surface area contributed by atoms with Gasteiger partial charge in [-0.3, -0.25) is 19.8 Å². The molecule has 2 bridgehead atoms. The predicted octanol–water partition coefficient (Wildman–Crippen LogP) is 7.12. The average molecular weight is 545 g/mol. The minimum absolute atomic E-state index is 0.00410. The van der Waals surface area contributed by atoms with Crippen molar-refractivity contribution >= 4 is 40.3 Å². The molecule has 2 aromatic heterocycles. The van der Waals surface area contributed by atoms with Crippen LogP contribution in [0.15, 0.2) is 78.7 Å². The largest absolute Gasteiger partial charge is 0.467 e. The second-order valence-electron chi connectivity index (χ2n) is 11.0. The third-order valence-corrected chi connectivity index (χ3v) is 9.81. The van der Waals surface area contributed by atoms with Crippen LogP contribution in [0.1, 0.15) is 51.6 Å². The Morgan fingerprint density at radius 1 is 1.15 bits per heavy atom. The summed E-state index contributed by atoms with van der Waals surface area (Å²) in [6.07, 6.45) is 6.45. The first kappa shape index (κ1) is 25.4. The average Bonchev–Trinajstić information content (AvgIpc) is 3.72. The van der Waals surface area contributed by atoms with Crippen molar-refractivity contribution in [2.75, 3.05) is 0 Å². The van der Waals surface area contributed by atoms with Gasteiger partial charge in [-0.05, 0) is 72.7 Å². The molecule has 0 N–H and O–H groups in total. The number of para-hydroxylation sites is 1. The van der Waals surface area contributed by atoms with E-state index in [4.69, 9.17) is 13.9 Å². The van der Waals surface area contributed by atoms with Crippen molar-refractivity contribution in [3.05, 3.63) is 81.3 Å². The predicted molar refractivity (Wildman–Crippen MR) is 150 cm³/mol. The summed E-state index contributed by atoms with van der Waals surface area (Å²) < 4.78 is 11.4. The Hall–Kier alpha value is -3.92. The highest BCUT2D eigenvalue weighted by molar-refractivity contribution is 8.18. The normalized spacial score (nSPS) is 26.9. The third kappa shape index (κ3) is 4.23. The lowest BCUT2D eigenvalue weighted by atomic mass is 9.70. The molecule has 2 aliphatic carbocycles. The van der Waals surface area contributed by atoms with Gasteiger partial charge in [0.15, 0.2) is 5.17 Å². The number of hydrogen-bond donors (Lipinski definition) is 0. The van der Waals surface area contributed by atoms with E-state index < -0.39 is 4.92 Å². The standard InChI is InChI=1S/C29H28N4O5S/c1-28(2)18-12-13-29(28,3)25(15-18)30-31-27-32(17-20-7-6-14-37-20)26(34)24(39-27)16-19-10-11-23(38-19)21-8-4-5-9-22(21)33(35)36/h4-11,14,16,18H,12-13,15,17H2,1-3H3/b24-16-,30-25+,31-27+. The quantitative estimate of drug-likeness (QED) is 0.185. The van der Waals surface area contributed by atoms with Gasteiger partial charge in [0.25, 0.3) is 11.6 Å². The van der Waals surface area contributed by atoms with E-state index in [2.05, 4.69) is 25.9 Å². The van der Waals surface area contributed by atoms with Crippen LogP contribution < -0.4 is 0 Å². The van der Waals surface area contributed by atoms with Gasteiger partial charge in [0.1, 0.15) is 17.3 Å². The molecule has 9 nitrogen and oxygen atoms in total. The fourth-order valence-electron chi connectivity index (χ4n) is 6.01. The Labute approximate surface area is 229 Å². The molecular formula is C29H28N4O5S. The molecule has 2 unspecified atom stereocenters. The maximum absolute atomic E-state index is 13.5. The van der Waals surface area contributed by atoms with Crippen molar-refractivity contribution in [2.24, 2.45) is 27.0 Å². The van der Waals surface area contributed by atoms with Gasteiger partial charge >= 0.3 is 0 Å². The lowest BCUT2D eigenvalue weighted by Gasteiger charge is -2.34. The van der Waals surface area contributed by atoms with Crippen molar-refractivity contribution in [2.45, 2.75) is 46.6 Å². The van der Waals surface area contributed by atoms with Crippen LogP contribution in [0.25, 0.3) is 17.4 Å². The van der Waals surface area contributed by atoms with E-state index in [1.54, 1.807) is 53.6 Å². The van der Waals surface area contributed by atoms with Gasteiger partial charge in [-0.1, -0.05) is 32.9 Å². The molecule has 0 spiro atoms. The number of nitro benzene ring substituents is 1. The number of amides is 1. The zero-order valence-corrected chi connectivity index (χ0v) is 22.7. The molecule has 1 amide bonds. The smallest absolute Gasteiger partial charge is 0.280 e. The molecule has 3 heterocycles. The first-order valence-electron chi connectivity index (χ1n) is 12.9. The molecule has 10 heteroatoms. The molecule has 6 rings (SSSR count). The molecule has 3 fully saturated rings. The van der Waals surface area contributed by atoms with Gasteiger partial charge in [-0.15, -0.1) is 5.10 Å². The van der Waals surface area contributed by atoms with Gasteiger partial charge < -0.3 is 8.83 Å². The van der Waals surface area contributed by atoms with E-state index in [-0.39, 0.29) is 29.0 Å². The molecule has 39 heavy (non-hydrogen) atoms. The number of benzene rings is 1. The molecule has 200 valence electrons. The number of thioether (sulfide) groups is 1. The van der Waals surface area contributed by atoms with E-state index in [1.807, 2.05) is 6.07 Å². The Morgan fingerprint density at radius 2 is 1.97 bits per heavy atom. The number of furan rings is 2. The zero-order valence-electron chi connectivity index (χ0n) is 21.9. The summed E-state index contributed by atoms with van der Waals surface area (Å²) in [6.45, 7) is 7.15. The van der Waals surface area contributed by atoms with Gasteiger partial charge in [0, 0.05) is 23.3 Å². The SMILES string of the molecule is CC12CCC(C/C1=N\N=C1\S/C(=C\c3ccc(-c4ccccc4[N+](=O)[O-])o3)C(=O)N1Cc1ccco1)C2(C)C. The van der Waals surface area contributed by atoms with Crippen LogP contribution in [0.4, 0.5) is 5.69 Å². The summed E-state index contributed by atoms with van der Waals surface area (Å²) in [7, 11) is 0. The topological polar surface area (TPSA) is 114 Å². The summed E-state index contributed by atoms with van der Waals surface area (Å²) in [5.41, 5.74) is 1.60. The Kier molecular flexibility index (Phi) is 6.10. The minimum Gasteiger partial charge on any atom is -0.467 e. The number of carbonyl (C=O) groups excluding carboxylic acids is 1. The molecule has 2 atom stereocenters. The van der Waals surface area contributed by atoms with Crippen LogP contribution in [-0.4, -0.2) is 26.6 Å². The van der Waals surface area contributed by atoms with Crippen LogP contribution in [0.3, 0.4) is 0 Å². The third-order valence-electron chi connectivity index (χ3n) is 8.82. The first-order valence-corrected chi connectivity index (χ1v) is 13.7. The summed E-state index contributed by atoms with van der Waals surface area (Å²) in [6, 6.07) is 13.3. The number of hydrogen-bond acceptors (Lipinski definition) is 8. The lowest BCUT2D eigenvalue weighted by Crippen LogP contribution is -2.32. The van der Waals surface area contributed by atoms with Gasteiger partial charge in [0.05, 0.1) is 28.2 Å². The highest BCUT2D eigenvalue weighted by Gasteiger charge is 2.60. The van der Waals surface area contributed by atoms with Crippen LogP contribution >= 0.6 is 11.8 Å². The first-order chi connectivity index (χ1) is 18.7. The van der Waals surface area contributed by atoms with E-state index in [0.29, 0.717) is 38.8 Å². The minimum atomic E-state index is -0.444. The molecular weight excluding hydrogens is 516 g/mol. The zero-order chi connectivity index (χ0) is 27.4. The number of rotatable bonds is 6. The molecule has 3 aliphatic rings. The molecule has 1 aliphatic heterocycles. The molecule has 2 saturated carbocycles. The molecule has 0 radical (unpaired) electrons. The van der Waals surface area contributed by atoms with E-state index in [0.717, 1.165) is 18.6 Å². The van der Waals surface area contributed by atoms with Gasteiger partial charge in [0.2, 0.25) is 0 Å². The van der Waals surface area contributed by atoms with E-state index in [9.17, 15) is 14.9 Å². The fourth-order valence-corrected chi connectivity index (χ4v) is 6.92. The second-order valence-corrected chi connectivity index (χ2v) is 12.0. The van der Waals surface area contributed by atoms with Crippen molar-refractivity contribution in [3.8, 4) is 11.3 Å². The van der Waals surface area contributed by atoms with Crippen LogP contribution in [0.5, 0.6) is 0 Å². The number of fused-ring (bicyclic) bond motifs is 2. The number of nitrogens with zero attached hydrogens (tertiary/aromatic N) is 4. The van der Waals surface area contributed by atoms with Crippen LogP contribution in [-0.2, 0) is 11.3 Å². The Bertz CT molecular complexity index is 1550. The molecule has 3 aromatic rings. The summed E-state index contributed by atoms with van der Waals surface area (Å²) in [4.78, 5) is 26.5. The van der Waals surface area contributed by atoms with Crippen molar-refractivity contribution < 1.29 is 18.6 Å². The second kappa shape index (κ2) is 9.37. The van der Waals surface area contributed by atoms with Gasteiger partial charge in [-0.25, -0.2) is 0 Å². The maximum Gasteiger partial charge on any atom is 0.280 e. The van der Waals surface area contributed by atoms with Crippen LogP contribution in [0, 0.1) is 26.9 Å². The van der Waals surface area contributed by atoms with Crippen molar-refractivity contribution in [3.63, 3.8) is 0 Å². The van der Waals surface area contributed by atoms with Crippen LogP contribution in [0.2, 0.25) is 0 Å². The lowest BCUT2D eigenvalue weighted by molar-refractivity contribution is -0.384. The van der Waals surface area contributed by atoms with E-state index in [1.165, 1.54) is 24.2 Å². The van der Waals surface area contributed by atoms with E-state index >= 15 is 0 Å². The summed E-state index contributed by atoms with van der Waals surface area (Å²) >= 11 is 1.23. The Morgan fingerprint density at radius 3 is 2.67 bits per heavy atom. The summed E-state index contributed by atoms with van der Waals surface area (Å²) in [5, 5.41) is 21.3. The summed E-state index contributed by atoms with van der Waals surface area (Å²) in [5.74, 6) is 1.76. The monoisotopic (exact) mass is 544 g/mol. The Balaban J connectivity index is 1.32.